The monoisotopic (exact) mass is 221 g/mol. The number of carbonyl (C=O) groups excluding carboxylic acids is 1. The fourth-order valence-corrected chi connectivity index (χ4v) is 1.42. The highest BCUT2D eigenvalue weighted by atomic mass is 35.5. The van der Waals surface area contributed by atoms with E-state index in [1.807, 2.05) is 0 Å². The van der Waals surface area contributed by atoms with Gasteiger partial charge >= 0.3 is 5.97 Å². The molecular formula is C9H16ClNO3. The summed E-state index contributed by atoms with van der Waals surface area (Å²) in [5.41, 5.74) is 0. The van der Waals surface area contributed by atoms with Gasteiger partial charge in [-0.05, 0) is 0 Å². The predicted octanol–water partition coefficient (Wildman–Crippen LogP) is 0.491. The van der Waals surface area contributed by atoms with Gasteiger partial charge in [-0.25, -0.2) is 0 Å². The van der Waals surface area contributed by atoms with Crippen molar-refractivity contribution in [2.24, 2.45) is 0 Å². The molecular weight excluding hydrogens is 206 g/mol. The second-order valence-electron chi connectivity index (χ2n) is 3.11. The third-order valence-corrected chi connectivity index (χ3v) is 2.26. The Morgan fingerprint density at radius 2 is 2.14 bits per heavy atom. The molecule has 0 unspecified atom stereocenters. The normalized spacial score (nSPS) is 18.1. The van der Waals surface area contributed by atoms with E-state index < -0.39 is 0 Å². The molecule has 1 rings (SSSR count). The summed E-state index contributed by atoms with van der Waals surface area (Å²) in [7, 11) is 0. The molecule has 0 spiro atoms. The van der Waals surface area contributed by atoms with E-state index in [1.54, 1.807) is 0 Å². The minimum Gasteiger partial charge on any atom is -0.464 e. The third kappa shape index (κ3) is 4.79. The van der Waals surface area contributed by atoms with E-state index in [2.05, 4.69) is 4.90 Å². The summed E-state index contributed by atoms with van der Waals surface area (Å²) in [4.78, 5) is 13.2. The topological polar surface area (TPSA) is 38.8 Å². The van der Waals surface area contributed by atoms with Gasteiger partial charge < -0.3 is 9.47 Å². The van der Waals surface area contributed by atoms with Gasteiger partial charge in [0.05, 0.1) is 19.6 Å². The molecule has 1 heterocycles. The van der Waals surface area contributed by atoms with Crippen molar-refractivity contribution >= 4 is 17.6 Å². The minimum absolute atomic E-state index is 0.215. The SMILES string of the molecule is O=C(CCCl)OCCN1CCOCC1. The van der Waals surface area contributed by atoms with Crippen LogP contribution in [-0.4, -0.2) is 56.2 Å². The third-order valence-electron chi connectivity index (χ3n) is 2.07. The number of nitrogens with zero attached hydrogens (tertiary/aromatic N) is 1. The zero-order valence-corrected chi connectivity index (χ0v) is 8.96. The molecule has 0 bridgehead atoms. The Morgan fingerprint density at radius 3 is 2.79 bits per heavy atom. The summed E-state index contributed by atoms with van der Waals surface area (Å²) in [6.07, 6.45) is 0.296. The molecule has 0 atom stereocenters. The van der Waals surface area contributed by atoms with Crippen molar-refractivity contribution in [2.75, 3.05) is 45.3 Å². The summed E-state index contributed by atoms with van der Waals surface area (Å²) in [6.45, 7) is 4.64. The van der Waals surface area contributed by atoms with Gasteiger partial charge in [-0.15, -0.1) is 11.6 Å². The molecule has 1 fully saturated rings. The second kappa shape index (κ2) is 7.04. The largest absolute Gasteiger partial charge is 0.464 e. The Kier molecular flexibility index (Phi) is 5.91. The quantitative estimate of drug-likeness (QED) is 0.501. The summed E-state index contributed by atoms with van der Waals surface area (Å²) in [5, 5.41) is 0. The Hall–Kier alpha value is -0.320. The molecule has 0 aliphatic carbocycles. The van der Waals surface area contributed by atoms with Crippen LogP contribution in [0, 0.1) is 0 Å². The lowest BCUT2D eigenvalue weighted by Gasteiger charge is -2.26. The smallest absolute Gasteiger partial charge is 0.307 e. The van der Waals surface area contributed by atoms with Crippen LogP contribution >= 0.6 is 11.6 Å². The molecule has 4 nitrogen and oxygen atoms in total. The van der Waals surface area contributed by atoms with E-state index in [0.29, 0.717) is 18.9 Å². The molecule has 0 amide bonds. The molecule has 82 valence electrons. The fourth-order valence-electron chi connectivity index (χ4n) is 1.26. The lowest BCUT2D eigenvalue weighted by Crippen LogP contribution is -2.38. The highest BCUT2D eigenvalue weighted by Gasteiger charge is 2.10. The van der Waals surface area contributed by atoms with Crippen molar-refractivity contribution in [3.05, 3.63) is 0 Å². The summed E-state index contributed by atoms with van der Waals surface area (Å²) >= 11 is 5.40. The van der Waals surface area contributed by atoms with E-state index in [4.69, 9.17) is 21.1 Å². The van der Waals surface area contributed by atoms with Crippen molar-refractivity contribution in [3.8, 4) is 0 Å². The van der Waals surface area contributed by atoms with Gasteiger partial charge in [0.25, 0.3) is 0 Å². The molecule has 1 aliphatic rings. The van der Waals surface area contributed by atoms with Gasteiger partial charge in [0.1, 0.15) is 6.61 Å². The van der Waals surface area contributed by atoms with Crippen molar-refractivity contribution in [1.29, 1.82) is 0 Å². The summed E-state index contributed by atoms with van der Waals surface area (Å²) in [5.74, 6) is 0.115. The van der Waals surface area contributed by atoms with Crippen LogP contribution in [0.2, 0.25) is 0 Å². The number of halogens is 1. The zero-order valence-electron chi connectivity index (χ0n) is 8.21. The van der Waals surface area contributed by atoms with Crippen molar-refractivity contribution < 1.29 is 14.3 Å². The minimum atomic E-state index is -0.215. The van der Waals surface area contributed by atoms with E-state index in [0.717, 1.165) is 32.8 Å². The molecule has 0 saturated carbocycles. The Labute approximate surface area is 89.1 Å². The lowest BCUT2D eigenvalue weighted by atomic mass is 10.4. The Bertz CT molecular complexity index is 171. The molecule has 0 aromatic carbocycles. The standard InChI is InChI=1S/C9H16ClNO3/c10-2-1-9(12)14-8-5-11-3-6-13-7-4-11/h1-8H2. The van der Waals surface area contributed by atoms with E-state index in [-0.39, 0.29) is 5.97 Å². The molecule has 0 N–H and O–H groups in total. The summed E-state index contributed by atoms with van der Waals surface area (Å²) in [6, 6.07) is 0. The highest BCUT2D eigenvalue weighted by molar-refractivity contribution is 6.18. The maximum Gasteiger partial charge on any atom is 0.307 e. The average Bonchev–Trinajstić information content (AvgIpc) is 2.20. The van der Waals surface area contributed by atoms with Crippen molar-refractivity contribution in [1.82, 2.24) is 4.90 Å². The van der Waals surface area contributed by atoms with Crippen LogP contribution in [0.25, 0.3) is 0 Å². The van der Waals surface area contributed by atoms with Crippen molar-refractivity contribution in [2.45, 2.75) is 6.42 Å². The number of morpholine rings is 1. The fraction of sp³-hybridized carbons (Fsp3) is 0.889. The number of ether oxygens (including phenoxy) is 2. The first-order valence-corrected chi connectivity index (χ1v) is 5.38. The Morgan fingerprint density at radius 1 is 1.43 bits per heavy atom. The van der Waals surface area contributed by atoms with Crippen LogP contribution in [0.15, 0.2) is 0 Å². The first-order valence-electron chi connectivity index (χ1n) is 4.84. The molecule has 0 radical (unpaired) electrons. The van der Waals surface area contributed by atoms with Gasteiger partial charge in [-0.2, -0.15) is 0 Å². The summed E-state index contributed by atoms with van der Waals surface area (Å²) < 4.78 is 10.2. The predicted molar refractivity (Wildman–Crippen MR) is 53.6 cm³/mol. The van der Waals surface area contributed by atoms with Crippen LogP contribution in [-0.2, 0) is 14.3 Å². The molecule has 5 heteroatoms. The zero-order chi connectivity index (χ0) is 10.2. The number of esters is 1. The van der Waals surface area contributed by atoms with Gasteiger partial charge in [0, 0.05) is 25.5 Å². The van der Waals surface area contributed by atoms with Gasteiger partial charge in [-0.3, -0.25) is 9.69 Å². The van der Waals surface area contributed by atoms with Crippen LogP contribution < -0.4 is 0 Å². The van der Waals surface area contributed by atoms with E-state index in [1.165, 1.54) is 0 Å². The van der Waals surface area contributed by atoms with Gasteiger partial charge in [0.2, 0.25) is 0 Å². The number of rotatable bonds is 5. The number of carbonyl (C=O) groups is 1. The molecule has 14 heavy (non-hydrogen) atoms. The molecule has 0 aromatic heterocycles. The van der Waals surface area contributed by atoms with Crippen LogP contribution in [0.5, 0.6) is 0 Å². The van der Waals surface area contributed by atoms with E-state index in [9.17, 15) is 4.79 Å². The molecule has 0 aromatic rings. The first-order chi connectivity index (χ1) is 6.83. The number of hydrogen-bond donors (Lipinski definition) is 0. The number of alkyl halides is 1. The first kappa shape index (κ1) is 11.8. The van der Waals surface area contributed by atoms with Gasteiger partial charge in [0.15, 0.2) is 0 Å². The molecule has 1 saturated heterocycles. The molecule has 1 aliphatic heterocycles. The van der Waals surface area contributed by atoms with Crippen LogP contribution in [0.3, 0.4) is 0 Å². The second-order valence-corrected chi connectivity index (χ2v) is 3.49. The van der Waals surface area contributed by atoms with Crippen LogP contribution in [0.4, 0.5) is 0 Å². The lowest BCUT2D eigenvalue weighted by molar-refractivity contribution is -0.143. The maximum absolute atomic E-state index is 10.9. The highest BCUT2D eigenvalue weighted by Crippen LogP contribution is 1.96. The van der Waals surface area contributed by atoms with Crippen LogP contribution in [0.1, 0.15) is 6.42 Å². The number of hydrogen-bond acceptors (Lipinski definition) is 4. The average molecular weight is 222 g/mol. The van der Waals surface area contributed by atoms with Crippen molar-refractivity contribution in [3.63, 3.8) is 0 Å². The Balaban J connectivity index is 1.99. The maximum atomic E-state index is 10.9. The van der Waals surface area contributed by atoms with E-state index >= 15 is 0 Å². The van der Waals surface area contributed by atoms with Gasteiger partial charge in [-0.1, -0.05) is 0 Å².